The average Bonchev–Trinajstić information content (AvgIpc) is 2.37. The summed E-state index contributed by atoms with van der Waals surface area (Å²) in [6, 6.07) is 0. The molecule has 1 heterocycles. The maximum Gasteiger partial charge on any atom is 0.215 e. The molecular formula is C4H5N3OS. The Morgan fingerprint density at radius 1 is 1.89 bits per heavy atom. The fourth-order valence-electron chi connectivity index (χ4n) is 0.368. The Morgan fingerprint density at radius 2 is 2.67 bits per heavy atom. The maximum atomic E-state index is 10.1. The molecule has 0 aliphatic carbocycles. The average molecular weight is 143 g/mol. The fourth-order valence-corrected chi connectivity index (χ4v) is 0.822. The van der Waals surface area contributed by atoms with Gasteiger partial charge >= 0.3 is 0 Å². The van der Waals surface area contributed by atoms with Gasteiger partial charge in [0, 0.05) is 18.6 Å². The van der Waals surface area contributed by atoms with Crippen LogP contribution in [0.2, 0.25) is 0 Å². The van der Waals surface area contributed by atoms with Gasteiger partial charge in [-0.1, -0.05) is 0 Å². The first-order valence-corrected chi connectivity index (χ1v) is 3.06. The minimum absolute atomic E-state index is 0.616. The summed E-state index contributed by atoms with van der Waals surface area (Å²) in [5.74, 6) is 0. The van der Waals surface area contributed by atoms with Crippen molar-refractivity contribution < 1.29 is 4.79 Å². The molecule has 0 saturated carbocycles. The summed E-state index contributed by atoms with van der Waals surface area (Å²) >= 11 is 1.19. The lowest BCUT2D eigenvalue weighted by Gasteiger charge is -2.01. The predicted molar refractivity (Wildman–Crippen MR) is 34.4 cm³/mol. The summed E-state index contributed by atoms with van der Waals surface area (Å²) < 4.78 is 3.72. The highest BCUT2D eigenvalue weighted by Gasteiger charge is 1.99. The molecular weight excluding hydrogens is 138 g/mol. The molecule has 0 radical (unpaired) electrons. The van der Waals surface area contributed by atoms with Crippen LogP contribution in [0.1, 0.15) is 0 Å². The molecule has 0 bridgehead atoms. The molecule has 0 saturated heterocycles. The van der Waals surface area contributed by atoms with E-state index < -0.39 is 0 Å². The lowest BCUT2D eigenvalue weighted by atomic mass is 10.9. The highest BCUT2D eigenvalue weighted by Crippen LogP contribution is 2.09. The van der Waals surface area contributed by atoms with E-state index in [-0.39, 0.29) is 0 Å². The molecule has 9 heavy (non-hydrogen) atoms. The van der Waals surface area contributed by atoms with Crippen LogP contribution in [0.5, 0.6) is 0 Å². The van der Waals surface area contributed by atoms with Crippen LogP contribution in [0.15, 0.2) is 6.33 Å². The second-order valence-electron chi connectivity index (χ2n) is 1.44. The predicted octanol–water partition coefficient (Wildman–Crippen LogP) is 0.131. The van der Waals surface area contributed by atoms with Gasteiger partial charge in [-0.05, 0) is 0 Å². The Hall–Kier alpha value is -0.970. The van der Waals surface area contributed by atoms with Gasteiger partial charge in [0.25, 0.3) is 0 Å². The standard InChI is InChI=1S/C4H5N3OS/c1-7(3-8)4-5-2-6-9-4/h2-3H,1H3. The third kappa shape index (κ3) is 1.23. The monoisotopic (exact) mass is 143 g/mol. The van der Waals surface area contributed by atoms with Crippen molar-refractivity contribution in [3.05, 3.63) is 6.33 Å². The molecule has 0 spiro atoms. The van der Waals surface area contributed by atoms with E-state index in [0.29, 0.717) is 11.5 Å². The fraction of sp³-hybridized carbons (Fsp3) is 0.250. The van der Waals surface area contributed by atoms with E-state index in [9.17, 15) is 4.79 Å². The van der Waals surface area contributed by atoms with Crippen molar-refractivity contribution in [1.29, 1.82) is 0 Å². The lowest BCUT2D eigenvalue weighted by Crippen LogP contribution is -2.12. The van der Waals surface area contributed by atoms with Crippen molar-refractivity contribution in [3.63, 3.8) is 0 Å². The molecule has 0 fully saturated rings. The number of anilines is 1. The Kier molecular flexibility index (Phi) is 1.74. The quantitative estimate of drug-likeness (QED) is 0.553. The molecule has 0 aromatic carbocycles. The first kappa shape index (κ1) is 6.15. The van der Waals surface area contributed by atoms with Crippen LogP contribution in [0.25, 0.3) is 0 Å². The largest absolute Gasteiger partial charge is 0.293 e. The van der Waals surface area contributed by atoms with Crippen molar-refractivity contribution in [3.8, 4) is 0 Å². The van der Waals surface area contributed by atoms with E-state index in [1.165, 1.54) is 22.8 Å². The van der Waals surface area contributed by atoms with Crippen molar-refractivity contribution in [2.24, 2.45) is 0 Å². The number of amides is 1. The second-order valence-corrected chi connectivity index (χ2v) is 2.20. The van der Waals surface area contributed by atoms with Gasteiger partial charge in [0.15, 0.2) is 0 Å². The highest BCUT2D eigenvalue weighted by atomic mass is 32.1. The zero-order chi connectivity index (χ0) is 6.69. The van der Waals surface area contributed by atoms with Crippen LogP contribution < -0.4 is 4.90 Å². The zero-order valence-corrected chi connectivity index (χ0v) is 5.63. The van der Waals surface area contributed by atoms with E-state index in [1.54, 1.807) is 7.05 Å². The third-order valence-electron chi connectivity index (χ3n) is 0.810. The molecule has 0 aliphatic heterocycles. The summed E-state index contributed by atoms with van der Waals surface area (Å²) in [7, 11) is 1.63. The first-order chi connectivity index (χ1) is 4.34. The number of aromatic nitrogens is 2. The molecule has 1 amide bonds. The Labute approximate surface area is 56.3 Å². The molecule has 0 atom stereocenters. The Balaban J connectivity index is 2.76. The van der Waals surface area contributed by atoms with Crippen LogP contribution in [0.4, 0.5) is 5.13 Å². The van der Waals surface area contributed by atoms with Crippen LogP contribution >= 0.6 is 11.5 Å². The van der Waals surface area contributed by atoms with Crippen molar-refractivity contribution in [2.45, 2.75) is 0 Å². The van der Waals surface area contributed by atoms with Crippen molar-refractivity contribution in [1.82, 2.24) is 9.36 Å². The number of carbonyl (C=O) groups is 1. The van der Waals surface area contributed by atoms with Crippen molar-refractivity contribution in [2.75, 3.05) is 11.9 Å². The molecule has 4 nitrogen and oxygen atoms in total. The molecule has 0 N–H and O–H groups in total. The molecule has 0 unspecified atom stereocenters. The van der Waals surface area contributed by atoms with Gasteiger partial charge in [-0.15, -0.1) is 0 Å². The summed E-state index contributed by atoms with van der Waals surface area (Å²) in [6.45, 7) is 0. The lowest BCUT2D eigenvalue weighted by molar-refractivity contribution is -0.107. The summed E-state index contributed by atoms with van der Waals surface area (Å²) in [5, 5.41) is 0.616. The van der Waals surface area contributed by atoms with Gasteiger partial charge in [-0.3, -0.25) is 9.69 Å². The first-order valence-electron chi connectivity index (χ1n) is 2.29. The second kappa shape index (κ2) is 2.54. The topological polar surface area (TPSA) is 46.1 Å². The van der Waals surface area contributed by atoms with Gasteiger partial charge in [-0.2, -0.15) is 4.37 Å². The van der Waals surface area contributed by atoms with Gasteiger partial charge in [0.2, 0.25) is 11.5 Å². The number of carbonyl (C=O) groups excluding carboxylic acids is 1. The molecule has 1 aromatic rings. The third-order valence-corrected chi connectivity index (χ3v) is 1.57. The minimum atomic E-state index is 0.616. The Morgan fingerprint density at radius 3 is 3.11 bits per heavy atom. The van der Waals surface area contributed by atoms with E-state index in [1.807, 2.05) is 0 Å². The minimum Gasteiger partial charge on any atom is -0.293 e. The molecule has 48 valence electrons. The van der Waals surface area contributed by atoms with Crippen LogP contribution in [-0.2, 0) is 4.79 Å². The van der Waals surface area contributed by atoms with Gasteiger partial charge < -0.3 is 0 Å². The van der Waals surface area contributed by atoms with E-state index in [2.05, 4.69) is 9.36 Å². The normalized spacial score (nSPS) is 9.00. The highest BCUT2D eigenvalue weighted by molar-refractivity contribution is 7.09. The molecule has 5 heteroatoms. The number of rotatable bonds is 2. The van der Waals surface area contributed by atoms with Gasteiger partial charge in [0.05, 0.1) is 0 Å². The number of hydrogen-bond acceptors (Lipinski definition) is 4. The van der Waals surface area contributed by atoms with E-state index >= 15 is 0 Å². The van der Waals surface area contributed by atoms with Gasteiger partial charge in [0.1, 0.15) is 6.33 Å². The van der Waals surface area contributed by atoms with E-state index in [4.69, 9.17) is 0 Å². The Bertz CT molecular complexity index is 186. The maximum absolute atomic E-state index is 10.1. The summed E-state index contributed by atoms with van der Waals surface area (Å²) in [6.07, 6.45) is 2.11. The van der Waals surface area contributed by atoms with Gasteiger partial charge in [-0.25, -0.2) is 4.98 Å². The van der Waals surface area contributed by atoms with Crippen LogP contribution in [-0.4, -0.2) is 22.8 Å². The van der Waals surface area contributed by atoms with Crippen molar-refractivity contribution >= 4 is 23.1 Å². The molecule has 0 aliphatic rings. The SMILES string of the molecule is CN(C=O)c1ncns1. The van der Waals surface area contributed by atoms with Crippen LogP contribution in [0.3, 0.4) is 0 Å². The van der Waals surface area contributed by atoms with E-state index in [0.717, 1.165) is 0 Å². The molecule has 1 rings (SSSR count). The number of nitrogens with zero attached hydrogens (tertiary/aromatic N) is 3. The molecule has 1 aromatic heterocycles. The summed E-state index contributed by atoms with van der Waals surface area (Å²) in [5.41, 5.74) is 0. The zero-order valence-electron chi connectivity index (χ0n) is 4.81. The number of hydrogen-bond donors (Lipinski definition) is 0. The summed E-state index contributed by atoms with van der Waals surface area (Å²) in [4.78, 5) is 15.2. The van der Waals surface area contributed by atoms with Crippen LogP contribution in [0, 0.1) is 0 Å². The smallest absolute Gasteiger partial charge is 0.215 e.